The maximum absolute atomic E-state index is 8.70. The number of nitriles is 1. The fourth-order valence-corrected chi connectivity index (χ4v) is 1.77. The number of anilines is 1. The molecule has 0 amide bonds. The third kappa shape index (κ3) is 4.70. The van der Waals surface area contributed by atoms with E-state index in [1.165, 1.54) is 0 Å². The summed E-state index contributed by atoms with van der Waals surface area (Å²) >= 11 is 5.33. The first kappa shape index (κ1) is 14.4. The van der Waals surface area contributed by atoms with E-state index in [-0.39, 0.29) is 0 Å². The summed E-state index contributed by atoms with van der Waals surface area (Å²) in [6.45, 7) is 1.84. The molecule has 0 spiro atoms. The van der Waals surface area contributed by atoms with Crippen molar-refractivity contribution >= 4 is 23.0 Å². The van der Waals surface area contributed by atoms with Crippen molar-refractivity contribution in [2.45, 2.75) is 6.42 Å². The van der Waals surface area contributed by atoms with Crippen LogP contribution in [0.15, 0.2) is 30.3 Å². The Morgan fingerprint density at radius 3 is 2.78 bits per heavy atom. The average molecular weight is 263 g/mol. The number of ether oxygens (including phenoxy) is 1. The van der Waals surface area contributed by atoms with Gasteiger partial charge in [0.2, 0.25) is 0 Å². The molecule has 1 rings (SSSR count). The Balaban J connectivity index is 2.66. The third-order valence-electron chi connectivity index (χ3n) is 2.34. The van der Waals surface area contributed by atoms with Gasteiger partial charge in [0.1, 0.15) is 0 Å². The lowest BCUT2D eigenvalue weighted by Gasteiger charge is -2.25. The van der Waals surface area contributed by atoms with Crippen LogP contribution in [-0.4, -0.2) is 31.9 Å². The van der Waals surface area contributed by atoms with Gasteiger partial charge in [-0.25, -0.2) is 0 Å². The highest BCUT2D eigenvalue weighted by atomic mass is 32.1. The number of nitrogens with one attached hydrogen (secondary N) is 1. The van der Waals surface area contributed by atoms with Crippen molar-refractivity contribution in [3.05, 3.63) is 30.3 Å². The van der Waals surface area contributed by atoms with Crippen LogP contribution in [-0.2, 0) is 4.74 Å². The lowest BCUT2D eigenvalue weighted by molar-refractivity contribution is 0.204. The van der Waals surface area contributed by atoms with E-state index in [2.05, 4.69) is 11.4 Å². The average Bonchev–Trinajstić information content (AvgIpc) is 2.41. The molecule has 0 heterocycles. The smallest absolute Gasteiger partial charge is 0.173 e. The topological polar surface area (TPSA) is 48.3 Å². The van der Waals surface area contributed by atoms with Crippen LogP contribution in [0.4, 0.5) is 5.69 Å². The summed E-state index contributed by atoms with van der Waals surface area (Å²) in [6.07, 6.45) is 0.432. The standard InChI is InChI=1S/C13H17N3OS/c1-17-11-9-15-13(18)16(10-5-8-14)12-6-3-2-4-7-12/h2-4,6-7H,5,9-11H2,1H3,(H,15,18). The van der Waals surface area contributed by atoms with Gasteiger partial charge in [0.15, 0.2) is 5.11 Å². The second-order valence-electron chi connectivity index (χ2n) is 3.62. The Morgan fingerprint density at radius 1 is 1.44 bits per heavy atom. The molecule has 0 aliphatic rings. The molecule has 96 valence electrons. The second-order valence-corrected chi connectivity index (χ2v) is 4.01. The minimum atomic E-state index is 0.432. The number of hydrogen-bond donors (Lipinski definition) is 1. The number of thiocarbonyl (C=S) groups is 1. The van der Waals surface area contributed by atoms with Gasteiger partial charge in [-0.05, 0) is 24.4 Å². The van der Waals surface area contributed by atoms with E-state index < -0.39 is 0 Å². The van der Waals surface area contributed by atoms with Crippen molar-refractivity contribution in [3.8, 4) is 6.07 Å². The van der Waals surface area contributed by atoms with E-state index in [4.69, 9.17) is 22.2 Å². The zero-order valence-electron chi connectivity index (χ0n) is 10.4. The first-order valence-electron chi connectivity index (χ1n) is 5.76. The summed E-state index contributed by atoms with van der Waals surface area (Å²) in [5.41, 5.74) is 0.989. The monoisotopic (exact) mass is 263 g/mol. The van der Waals surface area contributed by atoms with Gasteiger partial charge in [-0.1, -0.05) is 18.2 Å². The minimum Gasteiger partial charge on any atom is -0.383 e. The number of hydrogen-bond acceptors (Lipinski definition) is 3. The van der Waals surface area contributed by atoms with Gasteiger partial charge in [0.25, 0.3) is 0 Å². The lowest BCUT2D eigenvalue weighted by atomic mass is 10.3. The van der Waals surface area contributed by atoms with Crippen molar-refractivity contribution in [2.24, 2.45) is 0 Å². The van der Waals surface area contributed by atoms with Gasteiger partial charge in [-0.2, -0.15) is 5.26 Å². The van der Waals surface area contributed by atoms with Crippen molar-refractivity contribution < 1.29 is 4.74 Å². The Bertz CT molecular complexity index is 402. The Labute approximate surface area is 113 Å². The zero-order valence-corrected chi connectivity index (χ0v) is 11.2. The van der Waals surface area contributed by atoms with Gasteiger partial charge in [0, 0.05) is 25.9 Å². The van der Waals surface area contributed by atoms with Crippen LogP contribution in [0.5, 0.6) is 0 Å². The highest BCUT2D eigenvalue weighted by Crippen LogP contribution is 2.13. The zero-order chi connectivity index (χ0) is 13.2. The first-order chi connectivity index (χ1) is 8.79. The highest BCUT2D eigenvalue weighted by molar-refractivity contribution is 7.80. The van der Waals surface area contributed by atoms with Gasteiger partial charge < -0.3 is 15.0 Å². The predicted octanol–water partition coefficient (Wildman–Crippen LogP) is 1.93. The maximum atomic E-state index is 8.70. The second kappa shape index (κ2) is 8.45. The molecule has 0 fully saturated rings. The van der Waals surface area contributed by atoms with Crippen LogP contribution < -0.4 is 10.2 Å². The molecule has 1 aromatic rings. The number of rotatable bonds is 6. The molecule has 0 saturated carbocycles. The Hall–Kier alpha value is -1.64. The van der Waals surface area contributed by atoms with E-state index >= 15 is 0 Å². The van der Waals surface area contributed by atoms with Crippen LogP contribution in [0.3, 0.4) is 0 Å². The summed E-state index contributed by atoms with van der Waals surface area (Å²) in [7, 11) is 1.65. The highest BCUT2D eigenvalue weighted by Gasteiger charge is 2.10. The summed E-state index contributed by atoms with van der Waals surface area (Å²) in [4.78, 5) is 1.92. The molecule has 1 aromatic carbocycles. The third-order valence-corrected chi connectivity index (χ3v) is 2.71. The van der Waals surface area contributed by atoms with Crippen molar-refractivity contribution in [2.75, 3.05) is 31.7 Å². The largest absolute Gasteiger partial charge is 0.383 e. The fraction of sp³-hybridized carbons (Fsp3) is 0.385. The minimum absolute atomic E-state index is 0.432. The Kier molecular flexibility index (Phi) is 6.77. The van der Waals surface area contributed by atoms with Crippen molar-refractivity contribution in [1.29, 1.82) is 5.26 Å². The van der Waals surface area contributed by atoms with Gasteiger partial charge in [0.05, 0.1) is 19.1 Å². The van der Waals surface area contributed by atoms with E-state index in [0.717, 1.165) is 5.69 Å². The molecule has 0 aliphatic heterocycles. The van der Waals surface area contributed by atoms with Crippen LogP contribution in [0.1, 0.15) is 6.42 Å². The Morgan fingerprint density at radius 2 is 2.17 bits per heavy atom. The number of para-hydroxylation sites is 1. The number of benzene rings is 1. The molecule has 4 nitrogen and oxygen atoms in total. The molecule has 0 atom stereocenters. The SMILES string of the molecule is COCCNC(=S)N(CCC#N)c1ccccc1. The van der Waals surface area contributed by atoms with Crippen molar-refractivity contribution in [3.63, 3.8) is 0 Å². The van der Waals surface area contributed by atoms with Crippen molar-refractivity contribution in [1.82, 2.24) is 5.32 Å². The number of nitrogens with zero attached hydrogens (tertiary/aromatic N) is 2. The molecule has 0 saturated heterocycles. The molecule has 5 heteroatoms. The summed E-state index contributed by atoms with van der Waals surface area (Å²) < 4.78 is 4.97. The molecule has 0 aliphatic carbocycles. The van der Waals surface area contributed by atoms with E-state index in [1.807, 2.05) is 35.2 Å². The molecule has 0 radical (unpaired) electrons. The normalized spacial score (nSPS) is 9.56. The quantitative estimate of drug-likeness (QED) is 0.628. The summed E-state index contributed by atoms with van der Waals surface area (Å²) in [5.74, 6) is 0. The summed E-state index contributed by atoms with van der Waals surface area (Å²) in [5, 5.41) is 12.4. The van der Waals surface area contributed by atoms with Gasteiger partial charge >= 0.3 is 0 Å². The molecule has 1 N–H and O–H groups in total. The molecule has 0 aromatic heterocycles. The maximum Gasteiger partial charge on any atom is 0.173 e. The fourth-order valence-electron chi connectivity index (χ4n) is 1.47. The molecule has 0 unspecified atom stereocenters. The molecule has 18 heavy (non-hydrogen) atoms. The predicted molar refractivity (Wildman–Crippen MR) is 76.5 cm³/mol. The molecular formula is C13H17N3OS. The van der Waals surface area contributed by atoms with Crippen LogP contribution in [0.2, 0.25) is 0 Å². The van der Waals surface area contributed by atoms with Crippen LogP contribution in [0.25, 0.3) is 0 Å². The number of methoxy groups -OCH3 is 1. The van der Waals surface area contributed by atoms with Gasteiger partial charge in [-0.3, -0.25) is 0 Å². The first-order valence-corrected chi connectivity index (χ1v) is 6.16. The van der Waals surface area contributed by atoms with Crippen LogP contribution in [0, 0.1) is 11.3 Å². The molecular weight excluding hydrogens is 246 g/mol. The molecule has 0 bridgehead atoms. The van der Waals surface area contributed by atoms with Crippen LogP contribution >= 0.6 is 12.2 Å². The van der Waals surface area contributed by atoms with E-state index in [1.54, 1.807) is 7.11 Å². The lowest BCUT2D eigenvalue weighted by Crippen LogP contribution is -2.41. The van der Waals surface area contributed by atoms with E-state index in [9.17, 15) is 0 Å². The van der Waals surface area contributed by atoms with Gasteiger partial charge in [-0.15, -0.1) is 0 Å². The van der Waals surface area contributed by atoms with E-state index in [0.29, 0.717) is 31.2 Å². The summed E-state index contributed by atoms with van der Waals surface area (Å²) in [6, 6.07) is 11.9.